The van der Waals surface area contributed by atoms with Crippen molar-refractivity contribution in [3.63, 3.8) is 0 Å². The zero-order valence-corrected chi connectivity index (χ0v) is 11.3. The third-order valence-corrected chi connectivity index (χ3v) is 2.86. The molecule has 0 saturated heterocycles. The minimum atomic E-state index is -1.35. The molecule has 18 heavy (non-hydrogen) atoms. The van der Waals surface area contributed by atoms with Gasteiger partial charge in [-0.1, -0.05) is 11.6 Å². The van der Waals surface area contributed by atoms with Crippen molar-refractivity contribution in [3.05, 3.63) is 27.7 Å². The van der Waals surface area contributed by atoms with Gasteiger partial charge in [0.2, 0.25) is 0 Å². The van der Waals surface area contributed by atoms with Gasteiger partial charge in [-0.25, -0.2) is 9.59 Å². The Morgan fingerprint density at radius 1 is 1.44 bits per heavy atom. The molecule has 2 amide bonds. The van der Waals surface area contributed by atoms with Gasteiger partial charge in [0, 0.05) is 9.50 Å². The van der Waals surface area contributed by atoms with E-state index in [1.54, 1.807) is 18.2 Å². The predicted octanol–water partition coefficient (Wildman–Crippen LogP) is 1.67. The van der Waals surface area contributed by atoms with Crippen LogP contribution in [0.15, 0.2) is 22.7 Å². The van der Waals surface area contributed by atoms with Crippen LogP contribution in [0, 0.1) is 0 Å². The van der Waals surface area contributed by atoms with E-state index >= 15 is 0 Å². The highest BCUT2D eigenvalue weighted by atomic mass is 79.9. The molecule has 0 radical (unpaired) electrons. The van der Waals surface area contributed by atoms with E-state index in [9.17, 15) is 9.59 Å². The molecule has 0 heterocycles. The number of amides is 2. The van der Waals surface area contributed by atoms with Crippen molar-refractivity contribution in [2.45, 2.75) is 6.04 Å². The molecule has 0 aromatic heterocycles. The summed E-state index contributed by atoms with van der Waals surface area (Å²) in [5.74, 6) is -1.32. The number of urea groups is 1. The van der Waals surface area contributed by atoms with Crippen LogP contribution in [0.2, 0.25) is 5.02 Å². The largest absolute Gasteiger partial charge is 0.480 e. The van der Waals surface area contributed by atoms with Crippen LogP contribution in [-0.4, -0.2) is 34.9 Å². The fourth-order valence-electron chi connectivity index (χ4n) is 1.09. The Bertz CT molecular complexity index is 469. The number of aliphatic hydroxyl groups is 1. The zero-order valence-electron chi connectivity index (χ0n) is 8.98. The molecule has 1 rings (SSSR count). The van der Waals surface area contributed by atoms with Crippen LogP contribution >= 0.6 is 27.5 Å². The number of halogens is 2. The molecule has 0 aliphatic rings. The summed E-state index contributed by atoms with van der Waals surface area (Å²) in [7, 11) is 0. The molecule has 0 unspecified atom stereocenters. The topological polar surface area (TPSA) is 98.7 Å². The second-order valence-corrected chi connectivity index (χ2v) is 4.59. The number of carbonyl (C=O) groups is 2. The van der Waals surface area contributed by atoms with Crippen LogP contribution in [0.1, 0.15) is 0 Å². The number of carboxylic acids is 1. The normalized spacial score (nSPS) is 11.7. The number of carboxylic acid groups (broad SMARTS) is 1. The highest BCUT2D eigenvalue weighted by Gasteiger charge is 2.18. The molecular formula is C10H10BrClN2O4. The first kappa shape index (κ1) is 14.7. The molecule has 1 atom stereocenters. The van der Waals surface area contributed by atoms with Gasteiger partial charge in [-0.05, 0) is 34.1 Å². The number of rotatable bonds is 4. The average Bonchev–Trinajstić information content (AvgIpc) is 2.29. The van der Waals surface area contributed by atoms with Crippen molar-refractivity contribution in [1.82, 2.24) is 5.32 Å². The molecule has 0 aliphatic heterocycles. The Morgan fingerprint density at radius 3 is 2.61 bits per heavy atom. The Labute approximate surface area is 116 Å². The van der Waals surface area contributed by atoms with Gasteiger partial charge in [0.25, 0.3) is 0 Å². The summed E-state index contributed by atoms with van der Waals surface area (Å²) in [5, 5.41) is 22.4. The minimum absolute atomic E-state index is 0.430. The fraction of sp³-hybridized carbons (Fsp3) is 0.200. The summed E-state index contributed by atoms with van der Waals surface area (Å²) >= 11 is 8.93. The molecule has 4 N–H and O–H groups in total. The van der Waals surface area contributed by atoms with Gasteiger partial charge in [-0.2, -0.15) is 0 Å². The first-order valence-corrected chi connectivity index (χ1v) is 5.97. The van der Waals surface area contributed by atoms with Crippen LogP contribution in [0.25, 0.3) is 0 Å². The molecule has 1 aromatic carbocycles. The van der Waals surface area contributed by atoms with Crippen molar-refractivity contribution >= 4 is 45.2 Å². The molecular weight excluding hydrogens is 327 g/mol. The summed E-state index contributed by atoms with van der Waals surface area (Å²) in [5.41, 5.74) is 0.430. The second-order valence-electron chi connectivity index (χ2n) is 3.30. The molecule has 6 nitrogen and oxygen atoms in total. The van der Waals surface area contributed by atoms with Gasteiger partial charge in [0.05, 0.1) is 12.3 Å². The quantitative estimate of drug-likeness (QED) is 0.671. The maximum atomic E-state index is 11.5. The van der Waals surface area contributed by atoms with Crippen molar-refractivity contribution in [2.24, 2.45) is 0 Å². The number of aliphatic hydroxyl groups excluding tert-OH is 1. The van der Waals surface area contributed by atoms with Crippen LogP contribution in [0.4, 0.5) is 10.5 Å². The van der Waals surface area contributed by atoms with Gasteiger partial charge < -0.3 is 20.8 Å². The summed E-state index contributed by atoms with van der Waals surface area (Å²) < 4.78 is 0.557. The van der Waals surface area contributed by atoms with Crippen molar-refractivity contribution in [1.29, 1.82) is 0 Å². The van der Waals surface area contributed by atoms with E-state index in [-0.39, 0.29) is 0 Å². The smallest absolute Gasteiger partial charge is 0.328 e. The highest BCUT2D eigenvalue weighted by molar-refractivity contribution is 9.10. The number of hydrogen-bond acceptors (Lipinski definition) is 3. The molecule has 8 heteroatoms. The predicted molar refractivity (Wildman–Crippen MR) is 69.8 cm³/mol. The van der Waals surface area contributed by atoms with E-state index in [0.29, 0.717) is 15.2 Å². The first-order valence-electron chi connectivity index (χ1n) is 4.80. The van der Waals surface area contributed by atoms with Crippen LogP contribution < -0.4 is 10.6 Å². The van der Waals surface area contributed by atoms with Gasteiger partial charge in [0.15, 0.2) is 6.04 Å². The standard InChI is InChI=1S/C10H10BrClN2O4/c11-6-3-5(12)1-2-7(6)13-10(18)14-8(4-15)9(16)17/h1-3,8,15H,4H2,(H,16,17)(H2,13,14,18)/t8-/m1/s1. The van der Waals surface area contributed by atoms with Crippen molar-refractivity contribution in [2.75, 3.05) is 11.9 Å². The average molecular weight is 338 g/mol. The SMILES string of the molecule is O=C(Nc1ccc(Cl)cc1Br)N[C@H](CO)C(=O)O. The lowest BCUT2D eigenvalue weighted by Gasteiger charge is -2.13. The van der Waals surface area contributed by atoms with E-state index in [2.05, 4.69) is 26.6 Å². The van der Waals surface area contributed by atoms with Crippen molar-refractivity contribution < 1.29 is 19.8 Å². The van der Waals surface area contributed by atoms with E-state index in [1.807, 2.05) is 0 Å². The van der Waals surface area contributed by atoms with E-state index in [4.69, 9.17) is 21.8 Å². The Kier molecular flexibility index (Phi) is 5.39. The third kappa shape index (κ3) is 4.17. The van der Waals surface area contributed by atoms with E-state index < -0.39 is 24.6 Å². The number of anilines is 1. The third-order valence-electron chi connectivity index (χ3n) is 1.97. The summed E-state index contributed by atoms with van der Waals surface area (Å²) in [6.07, 6.45) is 0. The summed E-state index contributed by atoms with van der Waals surface area (Å²) in [6, 6.07) is 2.62. The maximum Gasteiger partial charge on any atom is 0.328 e. The molecule has 0 fully saturated rings. The molecule has 0 aliphatic carbocycles. The van der Waals surface area contributed by atoms with Crippen molar-refractivity contribution in [3.8, 4) is 0 Å². The summed E-state index contributed by atoms with van der Waals surface area (Å²) in [4.78, 5) is 22.1. The number of benzene rings is 1. The van der Waals surface area contributed by atoms with Gasteiger partial charge in [-0.15, -0.1) is 0 Å². The van der Waals surface area contributed by atoms with E-state index in [0.717, 1.165) is 0 Å². The first-order chi connectivity index (χ1) is 8.43. The number of aliphatic carboxylic acids is 1. The molecule has 98 valence electrons. The number of nitrogens with one attached hydrogen (secondary N) is 2. The lowest BCUT2D eigenvalue weighted by Crippen LogP contribution is -2.45. The molecule has 1 aromatic rings. The molecule has 0 spiro atoms. The lowest BCUT2D eigenvalue weighted by atomic mass is 10.3. The van der Waals surface area contributed by atoms with Crippen LogP contribution in [0.3, 0.4) is 0 Å². The van der Waals surface area contributed by atoms with Crippen LogP contribution in [0.5, 0.6) is 0 Å². The van der Waals surface area contributed by atoms with Gasteiger partial charge in [0.1, 0.15) is 0 Å². The second kappa shape index (κ2) is 6.58. The van der Waals surface area contributed by atoms with Crippen LogP contribution in [-0.2, 0) is 4.79 Å². The van der Waals surface area contributed by atoms with Gasteiger partial charge in [-0.3, -0.25) is 0 Å². The zero-order chi connectivity index (χ0) is 13.7. The Morgan fingerprint density at radius 2 is 2.11 bits per heavy atom. The van der Waals surface area contributed by atoms with Gasteiger partial charge >= 0.3 is 12.0 Å². The fourth-order valence-corrected chi connectivity index (χ4v) is 1.87. The Balaban J connectivity index is 2.67. The highest BCUT2D eigenvalue weighted by Crippen LogP contribution is 2.25. The lowest BCUT2D eigenvalue weighted by molar-refractivity contribution is -0.140. The summed E-state index contributed by atoms with van der Waals surface area (Å²) in [6.45, 7) is -0.690. The molecule has 0 saturated carbocycles. The number of carbonyl (C=O) groups excluding carboxylic acids is 1. The monoisotopic (exact) mass is 336 g/mol. The minimum Gasteiger partial charge on any atom is -0.480 e. The molecule has 0 bridgehead atoms. The van der Waals surface area contributed by atoms with E-state index in [1.165, 1.54) is 0 Å². The maximum absolute atomic E-state index is 11.5. The number of hydrogen-bond donors (Lipinski definition) is 4. The Hall–Kier alpha value is -1.31.